The summed E-state index contributed by atoms with van der Waals surface area (Å²) < 4.78 is 14.8. The highest BCUT2D eigenvalue weighted by Gasteiger charge is 2.18. The number of guanidine groups is 1. The second-order valence-corrected chi connectivity index (χ2v) is 7.96. The van der Waals surface area contributed by atoms with Crippen molar-refractivity contribution in [2.75, 3.05) is 50.7 Å². The monoisotopic (exact) mass is 446 g/mol. The van der Waals surface area contributed by atoms with E-state index in [-0.39, 0.29) is 5.82 Å². The van der Waals surface area contributed by atoms with E-state index >= 15 is 0 Å². The van der Waals surface area contributed by atoms with Crippen LogP contribution < -0.4 is 15.5 Å². The van der Waals surface area contributed by atoms with E-state index in [1.807, 2.05) is 25.1 Å². The molecule has 31 heavy (non-hydrogen) atoms. The Morgan fingerprint density at radius 1 is 1.10 bits per heavy atom. The number of aliphatic imine (C=N–C) groups is 1. The third kappa shape index (κ3) is 7.08. The standard InChI is InChI=1S/C23H32ClFN6/c1-3-26-23(27-10-9-18-6-8-22(24)28-16-18)29-17-19-5-7-21(20(25)15-19)31-13-11-30(4-2)12-14-31/h5-8,15-16H,3-4,9-14,17H2,1-2H3,(H2,26,27,29). The SMILES string of the molecule is CCNC(=NCc1ccc(N2CCN(CC)CC2)c(F)c1)NCCc1ccc(Cl)nc1. The Kier molecular flexibility index (Phi) is 8.91. The van der Waals surface area contributed by atoms with Gasteiger partial charge in [0.2, 0.25) is 0 Å². The molecule has 8 heteroatoms. The van der Waals surface area contributed by atoms with Crippen molar-refractivity contribution in [3.63, 3.8) is 0 Å². The Labute approximate surface area is 189 Å². The number of hydrogen-bond donors (Lipinski definition) is 2. The van der Waals surface area contributed by atoms with Gasteiger partial charge in [-0.15, -0.1) is 0 Å². The molecule has 1 aromatic carbocycles. The normalized spacial score (nSPS) is 15.2. The van der Waals surface area contributed by atoms with Crippen molar-refractivity contribution in [2.24, 2.45) is 4.99 Å². The Bertz CT molecular complexity index is 850. The molecule has 2 aromatic rings. The van der Waals surface area contributed by atoms with Crippen LogP contribution in [-0.4, -0.2) is 61.7 Å². The van der Waals surface area contributed by atoms with Gasteiger partial charge in [-0.05, 0) is 49.2 Å². The summed E-state index contributed by atoms with van der Waals surface area (Å²) in [6.45, 7) is 10.8. The van der Waals surface area contributed by atoms with Crippen LogP contribution in [0.5, 0.6) is 0 Å². The molecule has 1 aliphatic heterocycles. The fourth-order valence-corrected chi connectivity index (χ4v) is 3.71. The van der Waals surface area contributed by atoms with E-state index < -0.39 is 0 Å². The number of benzene rings is 1. The predicted octanol–water partition coefficient (Wildman–Crippen LogP) is 3.31. The van der Waals surface area contributed by atoms with Crippen LogP contribution in [0.15, 0.2) is 41.5 Å². The van der Waals surface area contributed by atoms with Crippen LogP contribution in [0.3, 0.4) is 0 Å². The van der Waals surface area contributed by atoms with Crippen LogP contribution in [0.25, 0.3) is 0 Å². The molecular weight excluding hydrogens is 415 g/mol. The summed E-state index contributed by atoms with van der Waals surface area (Å²) in [5.41, 5.74) is 2.64. The number of nitrogens with one attached hydrogen (secondary N) is 2. The van der Waals surface area contributed by atoms with Crippen molar-refractivity contribution in [3.05, 3.63) is 58.6 Å². The number of rotatable bonds is 8. The molecule has 0 saturated carbocycles. The van der Waals surface area contributed by atoms with Gasteiger partial charge in [-0.2, -0.15) is 0 Å². The first-order valence-electron chi connectivity index (χ1n) is 11.0. The van der Waals surface area contributed by atoms with Gasteiger partial charge in [-0.3, -0.25) is 0 Å². The molecule has 0 atom stereocenters. The summed E-state index contributed by atoms with van der Waals surface area (Å²) in [5, 5.41) is 7.04. The van der Waals surface area contributed by atoms with E-state index in [4.69, 9.17) is 11.6 Å². The van der Waals surface area contributed by atoms with Gasteiger partial charge in [0, 0.05) is 45.5 Å². The lowest BCUT2D eigenvalue weighted by Gasteiger charge is -2.35. The van der Waals surface area contributed by atoms with Crippen LogP contribution in [0.1, 0.15) is 25.0 Å². The number of piperazine rings is 1. The Morgan fingerprint density at radius 2 is 1.87 bits per heavy atom. The molecule has 0 amide bonds. The highest BCUT2D eigenvalue weighted by molar-refractivity contribution is 6.29. The highest BCUT2D eigenvalue weighted by Crippen LogP contribution is 2.22. The van der Waals surface area contributed by atoms with E-state index in [2.05, 4.69) is 37.3 Å². The largest absolute Gasteiger partial charge is 0.367 e. The van der Waals surface area contributed by atoms with E-state index in [1.165, 1.54) is 0 Å². The second kappa shape index (κ2) is 11.9. The van der Waals surface area contributed by atoms with Gasteiger partial charge in [0.1, 0.15) is 11.0 Å². The summed E-state index contributed by atoms with van der Waals surface area (Å²) in [6, 6.07) is 9.21. The first-order chi connectivity index (χ1) is 15.1. The molecule has 0 spiro atoms. The zero-order chi connectivity index (χ0) is 22.1. The number of nitrogens with zero attached hydrogens (tertiary/aromatic N) is 4. The topological polar surface area (TPSA) is 55.8 Å². The third-order valence-corrected chi connectivity index (χ3v) is 5.65. The maximum Gasteiger partial charge on any atom is 0.191 e. The van der Waals surface area contributed by atoms with E-state index in [0.29, 0.717) is 29.9 Å². The van der Waals surface area contributed by atoms with Crippen molar-refractivity contribution >= 4 is 23.2 Å². The minimum atomic E-state index is -0.175. The van der Waals surface area contributed by atoms with Gasteiger partial charge < -0.3 is 20.4 Å². The molecule has 2 heterocycles. The van der Waals surface area contributed by atoms with Crippen LogP contribution in [0, 0.1) is 5.82 Å². The number of hydrogen-bond acceptors (Lipinski definition) is 4. The van der Waals surface area contributed by atoms with Crippen molar-refractivity contribution < 1.29 is 4.39 Å². The maximum atomic E-state index is 14.8. The van der Waals surface area contributed by atoms with E-state index in [9.17, 15) is 4.39 Å². The third-order valence-electron chi connectivity index (χ3n) is 5.43. The summed E-state index contributed by atoms with van der Waals surface area (Å²) in [4.78, 5) is 13.2. The van der Waals surface area contributed by atoms with Gasteiger partial charge in [-0.25, -0.2) is 14.4 Å². The van der Waals surface area contributed by atoms with Crippen molar-refractivity contribution in [3.8, 4) is 0 Å². The minimum absolute atomic E-state index is 0.175. The molecule has 1 fully saturated rings. The summed E-state index contributed by atoms with van der Waals surface area (Å²) >= 11 is 5.83. The van der Waals surface area contributed by atoms with Crippen molar-refractivity contribution in [1.82, 2.24) is 20.5 Å². The first kappa shape index (κ1) is 23.3. The van der Waals surface area contributed by atoms with Crippen LogP contribution in [0.2, 0.25) is 5.15 Å². The molecule has 1 saturated heterocycles. The van der Waals surface area contributed by atoms with Gasteiger partial charge in [-0.1, -0.05) is 30.7 Å². The number of anilines is 1. The van der Waals surface area contributed by atoms with Crippen LogP contribution in [-0.2, 0) is 13.0 Å². The number of aromatic nitrogens is 1. The van der Waals surface area contributed by atoms with Crippen molar-refractivity contribution in [2.45, 2.75) is 26.8 Å². The Morgan fingerprint density at radius 3 is 2.52 bits per heavy atom. The molecule has 6 nitrogen and oxygen atoms in total. The molecule has 1 aliphatic rings. The Hall–Kier alpha value is -2.38. The lowest BCUT2D eigenvalue weighted by Crippen LogP contribution is -2.46. The highest BCUT2D eigenvalue weighted by atomic mass is 35.5. The lowest BCUT2D eigenvalue weighted by molar-refractivity contribution is 0.270. The van der Waals surface area contributed by atoms with Crippen molar-refractivity contribution in [1.29, 1.82) is 0 Å². The molecule has 3 rings (SSSR count). The first-order valence-corrected chi connectivity index (χ1v) is 11.3. The quantitative estimate of drug-likeness (QED) is 0.370. The molecule has 2 N–H and O–H groups in total. The molecule has 168 valence electrons. The number of likely N-dealkylation sites (N-methyl/N-ethyl adjacent to an activating group) is 1. The minimum Gasteiger partial charge on any atom is -0.367 e. The average Bonchev–Trinajstić information content (AvgIpc) is 2.79. The zero-order valence-electron chi connectivity index (χ0n) is 18.4. The Balaban J connectivity index is 1.54. The molecule has 0 bridgehead atoms. The fraction of sp³-hybridized carbons (Fsp3) is 0.478. The summed E-state index contributed by atoms with van der Waals surface area (Å²) in [7, 11) is 0. The maximum absolute atomic E-state index is 14.8. The smallest absolute Gasteiger partial charge is 0.191 e. The lowest BCUT2D eigenvalue weighted by atomic mass is 10.1. The van der Waals surface area contributed by atoms with Crippen LogP contribution in [0.4, 0.5) is 10.1 Å². The number of halogens is 2. The van der Waals surface area contributed by atoms with Gasteiger partial charge >= 0.3 is 0 Å². The zero-order valence-corrected chi connectivity index (χ0v) is 19.1. The van der Waals surface area contributed by atoms with Gasteiger partial charge in [0.15, 0.2) is 5.96 Å². The van der Waals surface area contributed by atoms with Gasteiger partial charge in [0.25, 0.3) is 0 Å². The second-order valence-electron chi connectivity index (χ2n) is 7.57. The summed E-state index contributed by atoms with van der Waals surface area (Å²) in [6.07, 6.45) is 2.59. The van der Waals surface area contributed by atoms with E-state index in [1.54, 1.807) is 18.3 Å². The van der Waals surface area contributed by atoms with Crippen LogP contribution >= 0.6 is 11.6 Å². The van der Waals surface area contributed by atoms with Gasteiger partial charge in [0.05, 0.1) is 12.2 Å². The molecule has 1 aromatic heterocycles. The fourth-order valence-electron chi connectivity index (χ4n) is 3.60. The van der Waals surface area contributed by atoms with E-state index in [0.717, 1.165) is 56.8 Å². The molecular formula is C23H32ClFN6. The predicted molar refractivity (Wildman–Crippen MR) is 126 cm³/mol. The average molecular weight is 447 g/mol. The molecule has 0 radical (unpaired) electrons. The number of pyridine rings is 1. The summed E-state index contributed by atoms with van der Waals surface area (Å²) in [5.74, 6) is 0.537. The molecule has 0 aliphatic carbocycles. The molecule has 0 unspecified atom stereocenters.